The second-order valence-corrected chi connectivity index (χ2v) is 6.20. The number of carbonyl (C=O) groups excluding carboxylic acids is 1. The first kappa shape index (κ1) is 17.7. The molecule has 1 amide bonds. The lowest BCUT2D eigenvalue weighted by molar-refractivity contribution is 0.102. The highest BCUT2D eigenvalue weighted by atomic mass is 79.9. The van der Waals surface area contributed by atoms with Crippen LogP contribution in [0.25, 0.3) is 0 Å². The minimum atomic E-state index is -0.231. The lowest BCUT2D eigenvalue weighted by Crippen LogP contribution is -2.12. The maximum Gasteiger partial charge on any atom is 0.256 e. The van der Waals surface area contributed by atoms with E-state index in [9.17, 15) is 4.79 Å². The number of nitrogens with one attached hydrogen (secondary N) is 1. The second-order valence-electron chi connectivity index (χ2n) is 5.35. The Balaban J connectivity index is 1.79. The standard InChI is InChI=1S/C21H15BrN2O2/c1-26-18-10-11-20(22)19(14-18)21(25)24-17-7-4-5-15(13-17)8-9-16-6-2-3-12-23-16/h2-7,10-14H,1H3,(H,24,25). The number of pyridine rings is 1. The molecule has 0 saturated carbocycles. The van der Waals surface area contributed by atoms with Gasteiger partial charge < -0.3 is 10.1 Å². The van der Waals surface area contributed by atoms with Crippen LogP contribution in [0.5, 0.6) is 5.75 Å². The molecule has 0 atom stereocenters. The zero-order valence-electron chi connectivity index (χ0n) is 14.0. The number of rotatable bonds is 3. The molecule has 1 aromatic heterocycles. The summed E-state index contributed by atoms with van der Waals surface area (Å²) in [5.41, 5.74) is 2.65. The smallest absolute Gasteiger partial charge is 0.256 e. The van der Waals surface area contributed by atoms with Crippen LogP contribution in [0.1, 0.15) is 21.6 Å². The molecule has 128 valence electrons. The molecule has 0 aliphatic heterocycles. The minimum absolute atomic E-state index is 0.231. The van der Waals surface area contributed by atoms with Crippen LogP contribution >= 0.6 is 15.9 Å². The Morgan fingerprint density at radius 2 is 1.96 bits per heavy atom. The molecule has 0 aliphatic carbocycles. The summed E-state index contributed by atoms with van der Waals surface area (Å²) in [6.45, 7) is 0. The normalized spacial score (nSPS) is 9.77. The molecule has 0 unspecified atom stereocenters. The van der Waals surface area contributed by atoms with Crippen molar-refractivity contribution in [3.63, 3.8) is 0 Å². The summed E-state index contributed by atoms with van der Waals surface area (Å²) in [6.07, 6.45) is 1.70. The zero-order valence-corrected chi connectivity index (χ0v) is 15.6. The van der Waals surface area contributed by atoms with E-state index in [0.29, 0.717) is 27.2 Å². The van der Waals surface area contributed by atoms with Crippen molar-refractivity contribution in [1.29, 1.82) is 0 Å². The van der Waals surface area contributed by atoms with Gasteiger partial charge in [-0.25, -0.2) is 4.98 Å². The molecule has 1 heterocycles. The number of carbonyl (C=O) groups is 1. The number of hydrogen-bond acceptors (Lipinski definition) is 3. The van der Waals surface area contributed by atoms with Gasteiger partial charge in [0.25, 0.3) is 5.91 Å². The molecule has 26 heavy (non-hydrogen) atoms. The molecular formula is C21H15BrN2O2. The van der Waals surface area contributed by atoms with E-state index in [1.165, 1.54) is 0 Å². The average Bonchev–Trinajstić information content (AvgIpc) is 2.68. The fourth-order valence-electron chi connectivity index (χ4n) is 2.25. The van der Waals surface area contributed by atoms with Crippen LogP contribution in [0.2, 0.25) is 0 Å². The first-order valence-electron chi connectivity index (χ1n) is 7.84. The summed E-state index contributed by atoms with van der Waals surface area (Å²) in [4.78, 5) is 16.7. The average molecular weight is 407 g/mol. The largest absolute Gasteiger partial charge is 0.497 e. The van der Waals surface area contributed by atoms with Crippen LogP contribution in [-0.4, -0.2) is 18.0 Å². The number of anilines is 1. The van der Waals surface area contributed by atoms with E-state index >= 15 is 0 Å². The highest BCUT2D eigenvalue weighted by Gasteiger charge is 2.11. The molecule has 4 nitrogen and oxygen atoms in total. The minimum Gasteiger partial charge on any atom is -0.497 e. The lowest BCUT2D eigenvalue weighted by Gasteiger charge is -2.09. The second kappa shape index (κ2) is 8.32. The predicted molar refractivity (Wildman–Crippen MR) is 105 cm³/mol. The Morgan fingerprint density at radius 1 is 1.08 bits per heavy atom. The predicted octanol–water partition coefficient (Wildman–Crippen LogP) is 4.50. The summed E-state index contributed by atoms with van der Waals surface area (Å²) in [5.74, 6) is 6.44. The van der Waals surface area contributed by atoms with Gasteiger partial charge in [-0.1, -0.05) is 18.1 Å². The van der Waals surface area contributed by atoms with Gasteiger partial charge in [0.1, 0.15) is 11.4 Å². The van der Waals surface area contributed by atoms with Crippen molar-refractivity contribution in [3.8, 4) is 17.6 Å². The maximum atomic E-state index is 12.6. The first-order chi connectivity index (χ1) is 12.7. The van der Waals surface area contributed by atoms with Gasteiger partial charge in [0.05, 0.1) is 12.7 Å². The number of nitrogens with zero attached hydrogens (tertiary/aromatic N) is 1. The molecule has 0 bridgehead atoms. The Hall–Kier alpha value is -3.10. The summed E-state index contributed by atoms with van der Waals surface area (Å²) in [6, 6.07) is 18.2. The Kier molecular flexibility index (Phi) is 5.67. The number of methoxy groups -OCH3 is 1. The van der Waals surface area contributed by atoms with E-state index < -0.39 is 0 Å². The van der Waals surface area contributed by atoms with Gasteiger partial charge in [0.15, 0.2) is 0 Å². The third kappa shape index (κ3) is 4.50. The number of halogens is 1. The Morgan fingerprint density at radius 3 is 2.73 bits per heavy atom. The number of benzene rings is 2. The quantitative estimate of drug-likeness (QED) is 0.651. The molecule has 3 rings (SSSR count). The molecule has 0 fully saturated rings. The fraction of sp³-hybridized carbons (Fsp3) is 0.0476. The van der Waals surface area contributed by atoms with Gasteiger partial charge in [-0.05, 0) is 70.4 Å². The van der Waals surface area contributed by atoms with Crippen LogP contribution < -0.4 is 10.1 Å². The van der Waals surface area contributed by atoms with Gasteiger partial charge in [0.2, 0.25) is 0 Å². The highest BCUT2D eigenvalue weighted by molar-refractivity contribution is 9.10. The van der Waals surface area contributed by atoms with Gasteiger partial charge in [-0.3, -0.25) is 4.79 Å². The SMILES string of the molecule is COc1ccc(Br)c(C(=O)Nc2cccc(C#Cc3ccccn3)c2)c1. The van der Waals surface area contributed by atoms with Crippen molar-refractivity contribution in [1.82, 2.24) is 4.98 Å². The van der Waals surface area contributed by atoms with Crippen LogP contribution in [0, 0.1) is 11.8 Å². The van der Waals surface area contributed by atoms with Crippen molar-refractivity contribution in [2.45, 2.75) is 0 Å². The molecule has 0 radical (unpaired) electrons. The van der Waals surface area contributed by atoms with Gasteiger partial charge in [-0.2, -0.15) is 0 Å². The third-order valence-electron chi connectivity index (χ3n) is 3.54. The molecule has 0 spiro atoms. The van der Waals surface area contributed by atoms with Crippen molar-refractivity contribution >= 4 is 27.5 Å². The number of ether oxygens (including phenoxy) is 1. The summed E-state index contributed by atoms with van der Waals surface area (Å²) < 4.78 is 5.87. The van der Waals surface area contributed by atoms with Crippen LogP contribution in [-0.2, 0) is 0 Å². The van der Waals surface area contributed by atoms with Crippen molar-refractivity contribution < 1.29 is 9.53 Å². The number of aromatic nitrogens is 1. The van der Waals surface area contributed by atoms with E-state index in [0.717, 1.165) is 5.56 Å². The van der Waals surface area contributed by atoms with E-state index in [1.54, 1.807) is 31.5 Å². The molecule has 5 heteroatoms. The lowest BCUT2D eigenvalue weighted by atomic mass is 10.1. The first-order valence-corrected chi connectivity index (χ1v) is 8.63. The van der Waals surface area contributed by atoms with Gasteiger partial charge in [0, 0.05) is 21.9 Å². The van der Waals surface area contributed by atoms with E-state index in [-0.39, 0.29) is 5.91 Å². The van der Waals surface area contributed by atoms with Crippen molar-refractivity contribution in [3.05, 3.63) is 88.2 Å². The number of amides is 1. The Labute approximate surface area is 160 Å². The molecule has 0 saturated heterocycles. The molecule has 1 N–H and O–H groups in total. The van der Waals surface area contributed by atoms with Gasteiger partial charge in [-0.15, -0.1) is 0 Å². The maximum absolute atomic E-state index is 12.6. The van der Waals surface area contributed by atoms with Gasteiger partial charge >= 0.3 is 0 Å². The topological polar surface area (TPSA) is 51.2 Å². The summed E-state index contributed by atoms with van der Waals surface area (Å²) in [5, 5.41) is 2.88. The summed E-state index contributed by atoms with van der Waals surface area (Å²) in [7, 11) is 1.56. The highest BCUT2D eigenvalue weighted by Crippen LogP contribution is 2.23. The van der Waals surface area contributed by atoms with E-state index in [1.807, 2.05) is 42.5 Å². The van der Waals surface area contributed by atoms with E-state index in [4.69, 9.17) is 4.74 Å². The van der Waals surface area contributed by atoms with Crippen LogP contribution in [0.15, 0.2) is 71.3 Å². The zero-order chi connectivity index (χ0) is 18.4. The monoisotopic (exact) mass is 406 g/mol. The molecule has 2 aromatic carbocycles. The number of hydrogen-bond donors (Lipinski definition) is 1. The van der Waals surface area contributed by atoms with E-state index in [2.05, 4.69) is 38.1 Å². The fourth-order valence-corrected chi connectivity index (χ4v) is 2.68. The third-order valence-corrected chi connectivity index (χ3v) is 4.23. The Bertz CT molecular complexity index is 992. The van der Waals surface area contributed by atoms with Crippen LogP contribution in [0.3, 0.4) is 0 Å². The summed E-state index contributed by atoms with van der Waals surface area (Å²) >= 11 is 3.39. The van der Waals surface area contributed by atoms with Crippen LogP contribution in [0.4, 0.5) is 5.69 Å². The molecule has 0 aliphatic rings. The molecule has 3 aromatic rings. The van der Waals surface area contributed by atoms with Crippen molar-refractivity contribution in [2.24, 2.45) is 0 Å². The molecular weight excluding hydrogens is 392 g/mol. The van der Waals surface area contributed by atoms with Crippen molar-refractivity contribution in [2.75, 3.05) is 12.4 Å².